The Labute approximate surface area is 141 Å². The maximum absolute atomic E-state index is 11.9. The van der Waals surface area contributed by atoms with Gasteiger partial charge in [-0.1, -0.05) is 17.7 Å². The highest BCUT2D eigenvalue weighted by Gasteiger charge is 2.24. The summed E-state index contributed by atoms with van der Waals surface area (Å²) >= 11 is 6.11. The summed E-state index contributed by atoms with van der Waals surface area (Å²) in [7, 11) is 0. The molecule has 5 nitrogen and oxygen atoms in total. The largest absolute Gasteiger partial charge is 0.371 e. The van der Waals surface area contributed by atoms with Gasteiger partial charge in [-0.2, -0.15) is 5.10 Å². The molecule has 0 unspecified atom stereocenters. The molecule has 0 spiro atoms. The molecule has 2 heterocycles. The second kappa shape index (κ2) is 7.04. The van der Waals surface area contributed by atoms with Crippen LogP contribution in [0.25, 0.3) is 0 Å². The highest BCUT2D eigenvalue weighted by Crippen LogP contribution is 2.29. The van der Waals surface area contributed by atoms with E-state index < -0.39 is 0 Å². The fourth-order valence-electron chi connectivity index (χ4n) is 3.00. The smallest absolute Gasteiger partial charge is 0.241 e. The Morgan fingerprint density at radius 3 is 3.13 bits per heavy atom. The van der Waals surface area contributed by atoms with Gasteiger partial charge in [0, 0.05) is 42.7 Å². The topological polar surface area (TPSA) is 50.2 Å². The fourth-order valence-corrected chi connectivity index (χ4v) is 3.16. The van der Waals surface area contributed by atoms with Crippen LogP contribution in [0.3, 0.4) is 0 Å². The van der Waals surface area contributed by atoms with Crippen molar-refractivity contribution in [3.63, 3.8) is 0 Å². The number of aryl methyl sites for hydroxylation is 1. The van der Waals surface area contributed by atoms with Crippen molar-refractivity contribution in [2.24, 2.45) is 5.92 Å². The molecule has 3 rings (SSSR count). The van der Waals surface area contributed by atoms with Gasteiger partial charge in [-0.05, 0) is 43.0 Å². The average Bonchev–Trinajstić information content (AvgIpc) is 3.19. The molecule has 0 aliphatic carbocycles. The van der Waals surface area contributed by atoms with Gasteiger partial charge in [0.05, 0.1) is 0 Å². The molecule has 23 heavy (non-hydrogen) atoms. The molecule has 0 bridgehead atoms. The van der Waals surface area contributed by atoms with Crippen molar-refractivity contribution in [3.8, 4) is 0 Å². The number of aromatic nitrogens is 2. The lowest BCUT2D eigenvalue weighted by atomic mass is 10.1. The molecule has 122 valence electrons. The minimum absolute atomic E-state index is 0.00564. The third-order valence-electron chi connectivity index (χ3n) is 4.25. The highest BCUT2D eigenvalue weighted by atomic mass is 35.5. The monoisotopic (exact) mass is 332 g/mol. The number of hydrogen-bond donors (Lipinski definition) is 1. The molecule has 1 aromatic heterocycles. The maximum atomic E-state index is 11.9. The number of carbonyl (C=O) groups is 1. The molecule has 1 aromatic carbocycles. The van der Waals surface area contributed by atoms with Crippen LogP contribution in [0.15, 0.2) is 36.7 Å². The molecule has 2 aromatic rings. The first kappa shape index (κ1) is 15.9. The molecule has 0 saturated carbocycles. The molecule has 1 aliphatic heterocycles. The van der Waals surface area contributed by atoms with Crippen molar-refractivity contribution in [1.82, 2.24) is 15.1 Å². The third-order valence-corrected chi connectivity index (χ3v) is 4.49. The molecule has 6 heteroatoms. The lowest BCUT2D eigenvalue weighted by molar-refractivity contribution is -0.122. The average molecular weight is 333 g/mol. The Bertz CT molecular complexity index is 671. The summed E-state index contributed by atoms with van der Waals surface area (Å²) in [6.07, 6.45) is 4.54. The van der Waals surface area contributed by atoms with Crippen LogP contribution in [0.5, 0.6) is 0 Å². The minimum atomic E-state index is 0.00564. The normalized spacial score (nSPS) is 17.5. The number of amides is 1. The fraction of sp³-hybridized carbons (Fsp3) is 0.412. The van der Waals surface area contributed by atoms with Crippen LogP contribution < -0.4 is 10.2 Å². The number of anilines is 1. The predicted octanol–water partition coefficient (Wildman–Crippen LogP) is 2.49. The summed E-state index contributed by atoms with van der Waals surface area (Å²) in [5.41, 5.74) is 2.43. The standard InChI is InChI=1S/C17H21ClN4O/c1-13-3-4-15(18)9-16(13)21-8-5-14(11-21)10-19-17(23)12-22-7-2-6-20-22/h2-4,6-7,9,14H,5,8,10-12H2,1H3,(H,19,23)/t14-/m1/s1. The second-order valence-electron chi connectivity index (χ2n) is 6.04. The van der Waals surface area contributed by atoms with Crippen molar-refractivity contribution >= 4 is 23.2 Å². The van der Waals surface area contributed by atoms with Gasteiger partial charge in [-0.25, -0.2) is 0 Å². The van der Waals surface area contributed by atoms with Crippen LogP contribution in [-0.4, -0.2) is 35.3 Å². The van der Waals surface area contributed by atoms with Crippen LogP contribution in [0.1, 0.15) is 12.0 Å². The number of hydrogen-bond acceptors (Lipinski definition) is 3. The lowest BCUT2D eigenvalue weighted by Gasteiger charge is -2.21. The molecule has 1 amide bonds. The van der Waals surface area contributed by atoms with Crippen LogP contribution >= 0.6 is 11.6 Å². The van der Waals surface area contributed by atoms with E-state index in [0.29, 0.717) is 12.5 Å². The second-order valence-corrected chi connectivity index (χ2v) is 6.48. The Morgan fingerprint density at radius 2 is 2.35 bits per heavy atom. The third kappa shape index (κ3) is 4.05. The number of nitrogens with zero attached hydrogens (tertiary/aromatic N) is 3. The first-order valence-electron chi connectivity index (χ1n) is 7.87. The van der Waals surface area contributed by atoms with Gasteiger partial charge < -0.3 is 10.2 Å². The van der Waals surface area contributed by atoms with Gasteiger partial charge >= 0.3 is 0 Å². The summed E-state index contributed by atoms with van der Waals surface area (Å²) in [5.74, 6) is 0.473. The highest BCUT2D eigenvalue weighted by molar-refractivity contribution is 6.30. The van der Waals surface area contributed by atoms with Crippen molar-refractivity contribution in [2.45, 2.75) is 19.9 Å². The van der Waals surface area contributed by atoms with Crippen LogP contribution in [0, 0.1) is 12.8 Å². The van der Waals surface area contributed by atoms with E-state index in [-0.39, 0.29) is 12.5 Å². The Kier molecular flexibility index (Phi) is 4.86. The zero-order valence-corrected chi connectivity index (χ0v) is 14.0. The van der Waals surface area contributed by atoms with E-state index in [4.69, 9.17) is 11.6 Å². The van der Waals surface area contributed by atoms with Gasteiger partial charge in [0.1, 0.15) is 6.54 Å². The lowest BCUT2D eigenvalue weighted by Crippen LogP contribution is -2.33. The van der Waals surface area contributed by atoms with Gasteiger partial charge in [-0.15, -0.1) is 0 Å². The minimum Gasteiger partial charge on any atom is -0.371 e. The van der Waals surface area contributed by atoms with Crippen LogP contribution in [-0.2, 0) is 11.3 Å². The Hall–Kier alpha value is -2.01. The summed E-state index contributed by atoms with van der Waals surface area (Å²) in [6, 6.07) is 7.81. The Balaban J connectivity index is 1.50. The van der Waals surface area contributed by atoms with E-state index in [1.54, 1.807) is 17.1 Å². The first-order valence-corrected chi connectivity index (χ1v) is 8.25. The summed E-state index contributed by atoms with van der Waals surface area (Å²) in [5, 5.41) is 7.81. The van der Waals surface area contributed by atoms with Crippen molar-refractivity contribution in [1.29, 1.82) is 0 Å². The molecule has 1 aliphatic rings. The molecule has 1 atom stereocenters. The summed E-state index contributed by atoms with van der Waals surface area (Å²) in [6.45, 7) is 5.03. The zero-order chi connectivity index (χ0) is 16.2. The van der Waals surface area contributed by atoms with Gasteiger partial charge in [0.15, 0.2) is 0 Å². The number of carbonyl (C=O) groups excluding carboxylic acids is 1. The van der Waals surface area contributed by atoms with E-state index in [1.165, 1.54) is 11.3 Å². The summed E-state index contributed by atoms with van der Waals surface area (Å²) < 4.78 is 1.63. The maximum Gasteiger partial charge on any atom is 0.241 e. The van der Waals surface area contributed by atoms with E-state index in [2.05, 4.69) is 28.3 Å². The molecule has 1 N–H and O–H groups in total. The van der Waals surface area contributed by atoms with Crippen molar-refractivity contribution in [3.05, 3.63) is 47.2 Å². The van der Waals surface area contributed by atoms with Crippen LogP contribution in [0.2, 0.25) is 5.02 Å². The van der Waals surface area contributed by atoms with E-state index in [9.17, 15) is 4.79 Å². The predicted molar refractivity (Wildman–Crippen MR) is 91.7 cm³/mol. The van der Waals surface area contributed by atoms with Gasteiger partial charge in [0.2, 0.25) is 5.91 Å². The molecular formula is C17H21ClN4O. The molecule has 1 fully saturated rings. The van der Waals surface area contributed by atoms with Crippen molar-refractivity contribution < 1.29 is 4.79 Å². The Morgan fingerprint density at radius 1 is 1.48 bits per heavy atom. The van der Waals surface area contributed by atoms with Gasteiger partial charge in [-0.3, -0.25) is 9.48 Å². The number of halogens is 1. The number of rotatable bonds is 5. The van der Waals surface area contributed by atoms with Gasteiger partial charge in [0.25, 0.3) is 0 Å². The molecule has 1 saturated heterocycles. The SMILES string of the molecule is Cc1ccc(Cl)cc1N1CC[C@H](CNC(=O)Cn2cccn2)C1. The van der Waals surface area contributed by atoms with Crippen molar-refractivity contribution in [2.75, 3.05) is 24.5 Å². The number of benzene rings is 1. The zero-order valence-electron chi connectivity index (χ0n) is 13.2. The van der Waals surface area contributed by atoms with E-state index in [0.717, 1.165) is 24.5 Å². The van der Waals surface area contributed by atoms with Crippen LogP contribution in [0.4, 0.5) is 5.69 Å². The molecular weight excluding hydrogens is 312 g/mol. The first-order chi connectivity index (χ1) is 11.1. The molecule has 0 radical (unpaired) electrons. The van der Waals surface area contributed by atoms with E-state index >= 15 is 0 Å². The number of nitrogens with one attached hydrogen (secondary N) is 1. The van der Waals surface area contributed by atoms with E-state index in [1.807, 2.05) is 18.2 Å². The summed E-state index contributed by atoms with van der Waals surface area (Å²) in [4.78, 5) is 14.3. The quantitative estimate of drug-likeness (QED) is 0.915.